The molecule has 0 radical (unpaired) electrons. The number of amides is 4. The minimum atomic E-state index is -0.569. The molecule has 182 valence electrons. The summed E-state index contributed by atoms with van der Waals surface area (Å²) < 4.78 is 0. The first-order valence-corrected chi connectivity index (χ1v) is 11.4. The summed E-state index contributed by atoms with van der Waals surface area (Å²) in [6.07, 6.45) is 4.20. The molecule has 0 aromatic rings. The van der Waals surface area contributed by atoms with Crippen LogP contribution in [0.25, 0.3) is 0 Å². The van der Waals surface area contributed by atoms with Crippen LogP contribution in [-0.2, 0) is 19.2 Å². The minimum Gasteiger partial charge on any atom is -0.394 e. The van der Waals surface area contributed by atoms with Crippen molar-refractivity contribution in [1.82, 2.24) is 20.4 Å². The van der Waals surface area contributed by atoms with Gasteiger partial charge in [-0.25, -0.2) is 0 Å². The van der Waals surface area contributed by atoms with E-state index in [-0.39, 0.29) is 48.9 Å². The third-order valence-corrected chi connectivity index (χ3v) is 5.76. The maximum atomic E-state index is 13.2. The van der Waals surface area contributed by atoms with Gasteiger partial charge in [0.05, 0.1) is 25.2 Å². The number of carbonyl (C=O) groups excluding carboxylic acids is 4. The number of nitrogens with zero attached hydrogens (tertiary/aromatic N) is 2. The maximum Gasteiger partial charge on any atom is 0.249 e. The Kier molecular flexibility index (Phi) is 11.4. The molecule has 0 saturated carbocycles. The van der Waals surface area contributed by atoms with Crippen LogP contribution >= 0.6 is 0 Å². The van der Waals surface area contributed by atoms with E-state index in [4.69, 9.17) is 0 Å². The van der Waals surface area contributed by atoms with E-state index in [1.807, 2.05) is 27.7 Å². The van der Waals surface area contributed by atoms with E-state index in [9.17, 15) is 24.3 Å². The first kappa shape index (κ1) is 27.6. The van der Waals surface area contributed by atoms with Gasteiger partial charge in [0.2, 0.25) is 24.1 Å². The summed E-state index contributed by atoms with van der Waals surface area (Å²) in [5, 5.41) is 14.8. The minimum absolute atomic E-state index is 0.0435. The molecule has 1 saturated heterocycles. The second-order valence-corrected chi connectivity index (χ2v) is 9.26. The van der Waals surface area contributed by atoms with Gasteiger partial charge in [0.15, 0.2) is 0 Å². The number of aliphatic hydroxyl groups is 1. The Morgan fingerprint density at radius 2 is 1.88 bits per heavy atom. The van der Waals surface area contributed by atoms with Crippen molar-refractivity contribution in [3.8, 4) is 0 Å². The molecule has 0 aromatic carbocycles. The number of carbonyl (C=O) groups is 4. The summed E-state index contributed by atoms with van der Waals surface area (Å²) in [6.45, 7) is 9.88. The summed E-state index contributed by atoms with van der Waals surface area (Å²) in [5.41, 5.74) is 0.465. The Labute approximate surface area is 191 Å². The molecule has 9 heteroatoms. The van der Waals surface area contributed by atoms with E-state index < -0.39 is 6.04 Å². The lowest BCUT2D eigenvalue weighted by atomic mass is 9.99. The summed E-state index contributed by atoms with van der Waals surface area (Å²) in [7, 11) is 1.64. The highest BCUT2D eigenvalue weighted by molar-refractivity contribution is 5.97. The van der Waals surface area contributed by atoms with E-state index in [0.29, 0.717) is 37.3 Å². The lowest BCUT2D eigenvalue weighted by Crippen LogP contribution is -2.50. The Hall–Kier alpha value is -2.42. The molecule has 1 aliphatic heterocycles. The van der Waals surface area contributed by atoms with Gasteiger partial charge in [-0.2, -0.15) is 0 Å². The van der Waals surface area contributed by atoms with Gasteiger partial charge in [-0.15, -0.1) is 0 Å². The monoisotopic (exact) mass is 452 g/mol. The normalized spacial score (nSPS) is 18.5. The van der Waals surface area contributed by atoms with Crippen molar-refractivity contribution >= 4 is 24.1 Å². The Morgan fingerprint density at radius 1 is 1.22 bits per heavy atom. The van der Waals surface area contributed by atoms with Gasteiger partial charge in [-0.3, -0.25) is 19.2 Å². The number of hydrogen-bond donors (Lipinski definition) is 3. The molecule has 0 aliphatic carbocycles. The highest BCUT2D eigenvalue weighted by atomic mass is 16.3. The summed E-state index contributed by atoms with van der Waals surface area (Å²) in [4.78, 5) is 51.9. The highest BCUT2D eigenvalue weighted by Gasteiger charge is 2.35. The Balaban J connectivity index is 2.94. The SMILES string of the molecule is C/C(=C\[C@H](C(C)C)N(C)C(=O)CNC=O)C(=O)N1CCC[C@H]1C(=O)N[C@@H](CO)CC(C)C. The number of likely N-dealkylation sites (N-methyl/N-ethyl adjacent to an activating group) is 1. The quantitative estimate of drug-likeness (QED) is 0.297. The molecule has 0 spiro atoms. The molecule has 4 amide bonds. The van der Waals surface area contributed by atoms with Gasteiger partial charge in [0.25, 0.3) is 0 Å². The highest BCUT2D eigenvalue weighted by Crippen LogP contribution is 2.22. The van der Waals surface area contributed by atoms with Gasteiger partial charge < -0.3 is 25.5 Å². The molecule has 0 unspecified atom stereocenters. The first-order valence-electron chi connectivity index (χ1n) is 11.4. The number of hydrogen-bond acceptors (Lipinski definition) is 5. The van der Waals surface area contributed by atoms with Gasteiger partial charge in [0, 0.05) is 19.2 Å². The standard InChI is InChI=1S/C23H40N4O5/c1-15(2)10-18(13-28)25-22(31)19-8-7-9-27(19)23(32)17(5)11-20(16(3)4)26(6)21(30)12-24-14-29/h11,14-16,18-20,28H,7-10,12-13H2,1-6H3,(H,24,29)(H,25,31)/b17-11+/t18-,19+,20-/m1/s1. The van der Waals surface area contributed by atoms with Gasteiger partial charge in [-0.05, 0) is 38.0 Å². The van der Waals surface area contributed by atoms with Gasteiger partial charge in [0.1, 0.15) is 6.04 Å². The molecule has 9 nitrogen and oxygen atoms in total. The van der Waals surface area contributed by atoms with E-state index in [1.165, 1.54) is 4.90 Å². The molecule has 1 rings (SSSR count). The molecule has 3 N–H and O–H groups in total. The smallest absolute Gasteiger partial charge is 0.249 e. The Bertz CT molecular complexity index is 692. The molecule has 3 atom stereocenters. The lowest BCUT2D eigenvalue weighted by molar-refractivity contribution is -0.136. The zero-order valence-corrected chi connectivity index (χ0v) is 20.3. The number of nitrogens with one attached hydrogen (secondary N) is 2. The van der Waals surface area contributed by atoms with Crippen LogP contribution in [0.1, 0.15) is 53.9 Å². The van der Waals surface area contributed by atoms with Crippen molar-refractivity contribution < 1.29 is 24.3 Å². The van der Waals surface area contributed by atoms with E-state index >= 15 is 0 Å². The number of rotatable bonds is 12. The average molecular weight is 453 g/mol. The number of aliphatic hydroxyl groups excluding tert-OH is 1. The zero-order chi connectivity index (χ0) is 24.4. The summed E-state index contributed by atoms with van der Waals surface area (Å²) >= 11 is 0. The van der Waals surface area contributed by atoms with Gasteiger partial charge in [-0.1, -0.05) is 33.8 Å². The van der Waals surface area contributed by atoms with Crippen LogP contribution in [0, 0.1) is 11.8 Å². The van der Waals surface area contributed by atoms with Crippen molar-refractivity contribution in [3.63, 3.8) is 0 Å². The molecule has 32 heavy (non-hydrogen) atoms. The number of likely N-dealkylation sites (tertiary alicyclic amines) is 1. The van der Waals surface area contributed by atoms with Crippen LogP contribution in [-0.4, -0.2) is 83.9 Å². The van der Waals surface area contributed by atoms with Crippen LogP contribution in [0.2, 0.25) is 0 Å². The van der Waals surface area contributed by atoms with Crippen LogP contribution in [0.5, 0.6) is 0 Å². The maximum absolute atomic E-state index is 13.2. The van der Waals surface area contributed by atoms with Crippen LogP contribution in [0.3, 0.4) is 0 Å². The fraction of sp³-hybridized carbons (Fsp3) is 0.739. The lowest BCUT2D eigenvalue weighted by Gasteiger charge is -2.31. The largest absolute Gasteiger partial charge is 0.394 e. The van der Waals surface area contributed by atoms with E-state index in [2.05, 4.69) is 10.6 Å². The molecule has 1 aliphatic rings. The molecule has 1 fully saturated rings. The van der Waals surface area contributed by atoms with E-state index in [1.54, 1.807) is 24.9 Å². The third kappa shape index (κ3) is 7.93. The van der Waals surface area contributed by atoms with Gasteiger partial charge >= 0.3 is 0 Å². The van der Waals surface area contributed by atoms with Crippen molar-refractivity contribution in [2.75, 3.05) is 26.7 Å². The Morgan fingerprint density at radius 3 is 2.41 bits per heavy atom. The fourth-order valence-electron chi connectivity index (χ4n) is 4.05. The second kappa shape index (κ2) is 13.2. The molecule has 1 heterocycles. The molecular weight excluding hydrogens is 412 g/mol. The topological polar surface area (TPSA) is 119 Å². The zero-order valence-electron chi connectivity index (χ0n) is 20.3. The molecule has 0 bridgehead atoms. The fourth-order valence-corrected chi connectivity index (χ4v) is 4.05. The third-order valence-electron chi connectivity index (χ3n) is 5.76. The van der Waals surface area contributed by atoms with Crippen molar-refractivity contribution in [3.05, 3.63) is 11.6 Å². The summed E-state index contributed by atoms with van der Waals surface area (Å²) in [5.74, 6) is -0.359. The molecule has 0 aromatic heterocycles. The van der Waals surface area contributed by atoms with Crippen LogP contribution in [0.4, 0.5) is 0 Å². The predicted octanol–water partition coefficient (Wildman–Crippen LogP) is 0.676. The second-order valence-electron chi connectivity index (χ2n) is 9.26. The average Bonchev–Trinajstić information content (AvgIpc) is 3.23. The first-order chi connectivity index (χ1) is 15.0. The van der Waals surface area contributed by atoms with Crippen LogP contribution < -0.4 is 10.6 Å². The van der Waals surface area contributed by atoms with Crippen molar-refractivity contribution in [1.29, 1.82) is 0 Å². The van der Waals surface area contributed by atoms with Crippen molar-refractivity contribution in [2.24, 2.45) is 11.8 Å². The molecular formula is C23H40N4O5. The summed E-state index contributed by atoms with van der Waals surface area (Å²) in [6, 6.07) is -1.23. The van der Waals surface area contributed by atoms with E-state index in [0.717, 1.165) is 6.42 Å². The van der Waals surface area contributed by atoms with Crippen LogP contribution in [0.15, 0.2) is 11.6 Å². The predicted molar refractivity (Wildman–Crippen MR) is 122 cm³/mol. The van der Waals surface area contributed by atoms with Crippen molar-refractivity contribution in [2.45, 2.75) is 72.0 Å².